The quantitative estimate of drug-likeness (QED) is 0.704. The highest BCUT2D eigenvalue weighted by molar-refractivity contribution is 9.11. The van der Waals surface area contributed by atoms with Crippen molar-refractivity contribution in [3.63, 3.8) is 0 Å². The van der Waals surface area contributed by atoms with Crippen LogP contribution < -0.4 is 5.32 Å². The third kappa shape index (κ3) is 2.66. The second kappa shape index (κ2) is 5.77. The molecule has 1 unspecified atom stereocenters. The van der Waals surface area contributed by atoms with E-state index < -0.39 is 0 Å². The van der Waals surface area contributed by atoms with Gasteiger partial charge in [0.05, 0.1) is 9.83 Å². The van der Waals surface area contributed by atoms with Gasteiger partial charge in [0.25, 0.3) is 0 Å². The van der Waals surface area contributed by atoms with Crippen LogP contribution in [0, 0.1) is 0 Å². The normalized spacial score (nSPS) is 20.7. The van der Waals surface area contributed by atoms with E-state index in [-0.39, 0.29) is 0 Å². The maximum Gasteiger partial charge on any atom is 0.0705 e. The van der Waals surface area contributed by atoms with Crippen LogP contribution in [0.4, 0.5) is 5.69 Å². The maximum atomic E-state index is 3.86. The van der Waals surface area contributed by atoms with Crippen LogP contribution in [0.15, 0.2) is 28.1 Å². The molecule has 0 aliphatic heterocycles. The van der Waals surface area contributed by atoms with Crippen molar-refractivity contribution < 1.29 is 0 Å². The van der Waals surface area contributed by atoms with E-state index in [1.807, 2.05) is 11.3 Å². The zero-order chi connectivity index (χ0) is 14.2. The molecule has 1 aromatic heterocycles. The molecule has 0 saturated carbocycles. The monoisotopic (exact) mass is 361 g/mol. The number of halogens is 1. The van der Waals surface area contributed by atoms with Gasteiger partial charge in [-0.15, -0.1) is 11.3 Å². The fraction of sp³-hybridized carbons (Fsp3) is 0.444. The highest BCUT2D eigenvalue weighted by Gasteiger charge is 2.24. The first-order chi connectivity index (χ1) is 10.3. The van der Waals surface area contributed by atoms with Crippen LogP contribution in [0.2, 0.25) is 0 Å². The van der Waals surface area contributed by atoms with Gasteiger partial charge in [-0.25, -0.2) is 0 Å². The average molecular weight is 362 g/mol. The molecule has 0 fully saturated rings. The van der Waals surface area contributed by atoms with Crippen LogP contribution >= 0.6 is 27.3 Å². The lowest BCUT2D eigenvalue weighted by molar-refractivity contribution is 0.606. The van der Waals surface area contributed by atoms with E-state index in [9.17, 15) is 0 Å². The highest BCUT2D eigenvalue weighted by Crippen LogP contribution is 2.40. The second-order valence-electron chi connectivity index (χ2n) is 6.17. The summed E-state index contributed by atoms with van der Waals surface area (Å²) >= 11 is 5.57. The summed E-state index contributed by atoms with van der Waals surface area (Å²) in [6.07, 6.45) is 8.98. The van der Waals surface area contributed by atoms with Crippen LogP contribution in [-0.2, 0) is 19.3 Å². The zero-order valence-electron chi connectivity index (χ0n) is 12.1. The number of thiophene rings is 1. The Labute approximate surface area is 138 Å². The van der Waals surface area contributed by atoms with E-state index >= 15 is 0 Å². The molecule has 0 saturated heterocycles. The Bertz CT molecular complexity index is 661. The number of fused-ring (bicyclic) bond motifs is 2. The van der Waals surface area contributed by atoms with Gasteiger partial charge in [-0.05, 0) is 89.7 Å². The minimum Gasteiger partial charge on any atom is -0.378 e. The van der Waals surface area contributed by atoms with Gasteiger partial charge in [0.15, 0.2) is 0 Å². The second-order valence-corrected chi connectivity index (χ2v) is 8.68. The Kier molecular flexibility index (Phi) is 3.80. The summed E-state index contributed by atoms with van der Waals surface area (Å²) in [6, 6.07) is 9.63. The Balaban J connectivity index is 1.65. The molecule has 2 aromatic rings. The first-order valence-electron chi connectivity index (χ1n) is 7.96. The molecular weight excluding hydrogens is 342 g/mol. The van der Waals surface area contributed by atoms with Crippen molar-refractivity contribution in [1.82, 2.24) is 0 Å². The van der Waals surface area contributed by atoms with E-state index in [1.54, 1.807) is 16.0 Å². The van der Waals surface area contributed by atoms with Gasteiger partial charge < -0.3 is 5.32 Å². The molecule has 4 rings (SSSR count). The minimum atomic E-state index is 0.490. The first-order valence-corrected chi connectivity index (χ1v) is 9.57. The van der Waals surface area contributed by atoms with Crippen LogP contribution in [0.25, 0.3) is 0 Å². The molecule has 3 heteroatoms. The molecular formula is C18H20BrNS. The molecule has 1 heterocycles. The predicted octanol–water partition coefficient (Wildman–Crippen LogP) is 5.88. The van der Waals surface area contributed by atoms with Gasteiger partial charge in [-0.1, -0.05) is 12.1 Å². The molecule has 0 radical (unpaired) electrons. The Morgan fingerprint density at radius 1 is 1.10 bits per heavy atom. The molecule has 110 valence electrons. The molecule has 1 nitrogen and oxygen atoms in total. The molecule has 1 atom stereocenters. The molecule has 21 heavy (non-hydrogen) atoms. The lowest BCUT2D eigenvalue weighted by Gasteiger charge is -2.27. The van der Waals surface area contributed by atoms with Crippen molar-refractivity contribution in [3.05, 3.63) is 49.6 Å². The van der Waals surface area contributed by atoms with Gasteiger partial charge >= 0.3 is 0 Å². The van der Waals surface area contributed by atoms with Crippen LogP contribution in [0.1, 0.15) is 53.3 Å². The Morgan fingerprint density at radius 2 is 2.00 bits per heavy atom. The summed E-state index contributed by atoms with van der Waals surface area (Å²) in [7, 11) is 0. The van der Waals surface area contributed by atoms with E-state index in [0.29, 0.717) is 6.04 Å². The van der Waals surface area contributed by atoms with E-state index in [0.717, 1.165) is 0 Å². The summed E-state index contributed by atoms with van der Waals surface area (Å²) in [5.41, 5.74) is 6.04. The van der Waals surface area contributed by atoms with Crippen molar-refractivity contribution in [2.45, 2.75) is 51.0 Å². The third-order valence-corrected chi connectivity index (χ3v) is 6.52. The Morgan fingerprint density at radius 3 is 2.95 bits per heavy atom. The summed E-state index contributed by atoms with van der Waals surface area (Å²) < 4.78 is 1.27. The smallest absolute Gasteiger partial charge is 0.0705 e. The maximum absolute atomic E-state index is 3.86. The van der Waals surface area contributed by atoms with E-state index in [2.05, 4.69) is 45.5 Å². The molecule has 0 bridgehead atoms. The van der Waals surface area contributed by atoms with Crippen molar-refractivity contribution in [2.24, 2.45) is 0 Å². The number of rotatable bonds is 2. The molecule has 1 N–H and O–H groups in total. The number of nitrogens with one attached hydrogen (secondary N) is 1. The third-order valence-electron chi connectivity index (χ3n) is 4.81. The zero-order valence-corrected chi connectivity index (χ0v) is 14.5. The number of aryl methyl sites for hydroxylation is 2. The summed E-state index contributed by atoms with van der Waals surface area (Å²) in [5, 5.41) is 3.86. The van der Waals surface area contributed by atoms with Crippen molar-refractivity contribution in [1.29, 1.82) is 0 Å². The predicted molar refractivity (Wildman–Crippen MR) is 94.4 cm³/mol. The number of hydrogen-bond acceptors (Lipinski definition) is 2. The number of benzene rings is 1. The molecule has 0 spiro atoms. The van der Waals surface area contributed by atoms with Gasteiger partial charge in [-0.2, -0.15) is 0 Å². The highest BCUT2D eigenvalue weighted by atomic mass is 79.9. The topological polar surface area (TPSA) is 12.0 Å². The van der Waals surface area contributed by atoms with Gasteiger partial charge in [0, 0.05) is 10.6 Å². The molecule has 1 aromatic carbocycles. The molecule has 2 aliphatic rings. The van der Waals surface area contributed by atoms with Crippen molar-refractivity contribution >= 4 is 33.0 Å². The minimum absolute atomic E-state index is 0.490. The average Bonchev–Trinajstić information content (AvgIpc) is 2.89. The summed E-state index contributed by atoms with van der Waals surface area (Å²) in [6.45, 7) is 0. The standard InChI is InChI=1S/C18H20BrNS/c19-18-11-14-16(9-4-10-17(14)21-18)20-15-8-3-6-12-5-1-2-7-13(12)15/h3,6,8,11,16,20H,1-2,4-5,7,9-10H2. The SMILES string of the molecule is Brc1cc2c(s1)CCCC2Nc1cccc2c1CCCC2. The molecule has 0 amide bonds. The number of hydrogen-bond donors (Lipinski definition) is 1. The van der Waals surface area contributed by atoms with Gasteiger partial charge in [0.1, 0.15) is 0 Å². The fourth-order valence-electron chi connectivity index (χ4n) is 3.78. The van der Waals surface area contributed by atoms with Gasteiger partial charge in [-0.3, -0.25) is 0 Å². The first kappa shape index (κ1) is 13.8. The largest absolute Gasteiger partial charge is 0.378 e. The van der Waals surface area contributed by atoms with Crippen LogP contribution in [-0.4, -0.2) is 0 Å². The van der Waals surface area contributed by atoms with Crippen LogP contribution in [0.5, 0.6) is 0 Å². The summed E-state index contributed by atoms with van der Waals surface area (Å²) in [4.78, 5) is 1.57. The number of anilines is 1. The lowest BCUT2D eigenvalue weighted by atomic mass is 9.89. The van der Waals surface area contributed by atoms with Crippen molar-refractivity contribution in [2.75, 3.05) is 5.32 Å². The van der Waals surface area contributed by atoms with Crippen molar-refractivity contribution in [3.8, 4) is 0 Å². The molecule has 2 aliphatic carbocycles. The fourth-order valence-corrected chi connectivity index (χ4v) is 5.60. The van der Waals surface area contributed by atoms with E-state index in [4.69, 9.17) is 0 Å². The summed E-state index contributed by atoms with van der Waals surface area (Å²) in [5.74, 6) is 0. The van der Waals surface area contributed by atoms with E-state index in [1.165, 1.54) is 60.0 Å². The van der Waals surface area contributed by atoms with Crippen LogP contribution in [0.3, 0.4) is 0 Å². The van der Waals surface area contributed by atoms with Gasteiger partial charge in [0.2, 0.25) is 0 Å². The lowest BCUT2D eigenvalue weighted by Crippen LogP contribution is -2.17. The Hall–Kier alpha value is -0.800.